The van der Waals surface area contributed by atoms with Gasteiger partial charge in [0, 0.05) is 16.5 Å². The number of benzene rings is 1. The Morgan fingerprint density at radius 3 is 1.94 bits per heavy atom. The van der Waals surface area contributed by atoms with Gasteiger partial charge in [-0.05, 0) is 33.6 Å². The largest absolute Gasteiger partial charge is 0.220 e. The van der Waals surface area contributed by atoms with E-state index < -0.39 is 0 Å². The van der Waals surface area contributed by atoms with Gasteiger partial charge in [-0.2, -0.15) is 0 Å². The molecule has 0 saturated heterocycles. The summed E-state index contributed by atoms with van der Waals surface area (Å²) in [5.74, 6) is 0.461. The summed E-state index contributed by atoms with van der Waals surface area (Å²) in [4.78, 5) is 8.23. The summed E-state index contributed by atoms with van der Waals surface area (Å²) < 4.78 is 0.472. The SMILES string of the molecule is Clc1cccc(Cl)c1Cc1nc(Cl)c(Br)c(Cl)n1. The van der Waals surface area contributed by atoms with E-state index in [-0.39, 0.29) is 10.3 Å². The van der Waals surface area contributed by atoms with Gasteiger partial charge in [0.1, 0.15) is 16.1 Å². The van der Waals surface area contributed by atoms with Crippen LogP contribution in [0.1, 0.15) is 11.4 Å². The van der Waals surface area contributed by atoms with Crippen LogP contribution in [0, 0.1) is 0 Å². The second-order valence-corrected chi connectivity index (χ2v) is 5.74. The average Bonchev–Trinajstić information content (AvgIpc) is 2.31. The van der Waals surface area contributed by atoms with E-state index in [9.17, 15) is 0 Å². The van der Waals surface area contributed by atoms with Gasteiger partial charge < -0.3 is 0 Å². The maximum atomic E-state index is 6.08. The maximum Gasteiger partial charge on any atom is 0.148 e. The van der Waals surface area contributed by atoms with Crippen molar-refractivity contribution in [3.63, 3.8) is 0 Å². The van der Waals surface area contributed by atoms with Gasteiger partial charge in [0.05, 0.1) is 4.47 Å². The average molecular weight is 387 g/mol. The zero-order chi connectivity index (χ0) is 13.3. The Labute approximate surface area is 132 Å². The first-order valence-electron chi connectivity index (χ1n) is 4.79. The summed E-state index contributed by atoms with van der Waals surface area (Å²) >= 11 is 27.2. The fraction of sp³-hybridized carbons (Fsp3) is 0.0909. The molecule has 0 atom stereocenters. The molecule has 1 aromatic heterocycles. The predicted molar refractivity (Wildman–Crippen MR) is 79.0 cm³/mol. The molecule has 18 heavy (non-hydrogen) atoms. The summed E-state index contributed by atoms with van der Waals surface area (Å²) in [6.07, 6.45) is 0.366. The second kappa shape index (κ2) is 5.93. The van der Waals surface area contributed by atoms with Gasteiger partial charge in [-0.15, -0.1) is 0 Å². The molecule has 1 aromatic carbocycles. The molecule has 0 aliphatic heterocycles. The lowest BCUT2D eigenvalue weighted by atomic mass is 10.1. The molecule has 0 N–H and O–H groups in total. The van der Waals surface area contributed by atoms with Crippen LogP contribution in [-0.4, -0.2) is 9.97 Å². The molecule has 0 spiro atoms. The molecule has 0 unspecified atom stereocenters. The Morgan fingerprint density at radius 1 is 0.944 bits per heavy atom. The van der Waals surface area contributed by atoms with E-state index in [4.69, 9.17) is 46.4 Å². The zero-order valence-corrected chi connectivity index (χ0v) is 13.3. The molecule has 0 saturated carbocycles. The van der Waals surface area contributed by atoms with E-state index in [1.165, 1.54) is 0 Å². The smallest absolute Gasteiger partial charge is 0.148 e. The van der Waals surface area contributed by atoms with Crippen molar-refractivity contribution in [2.75, 3.05) is 0 Å². The van der Waals surface area contributed by atoms with Crippen LogP contribution in [0.25, 0.3) is 0 Å². The first-order chi connectivity index (χ1) is 8.49. The Balaban J connectivity index is 2.41. The first kappa shape index (κ1) is 14.4. The van der Waals surface area contributed by atoms with Gasteiger partial charge in [0.2, 0.25) is 0 Å². The van der Waals surface area contributed by atoms with Gasteiger partial charge in [0.15, 0.2) is 0 Å². The standard InChI is InChI=1S/C11H5BrCl4N2/c12-9-10(15)17-8(18-11(9)16)4-5-6(13)2-1-3-7(5)14/h1-3H,4H2. The van der Waals surface area contributed by atoms with Crippen LogP contribution in [0.5, 0.6) is 0 Å². The molecule has 2 aromatic rings. The van der Waals surface area contributed by atoms with Crippen molar-refractivity contribution in [2.45, 2.75) is 6.42 Å². The van der Waals surface area contributed by atoms with E-state index in [2.05, 4.69) is 25.9 Å². The quantitative estimate of drug-likeness (QED) is 0.642. The van der Waals surface area contributed by atoms with Crippen molar-refractivity contribution >= 4 is 62.3 Å². The Hall–Kier alpha value is -0.0600. The molecule has 0 radical (unpaired) electrons. The van der Waals surface area contributed by atoms with Gasteiger partial charge in [0.25, 0.3) is 0 Å². The van der Waals surface area contributed by atoms with Crippen molar-refractivity contribution in [1.29, 1.82) is 0 Å². The molecule has 0 aliphatic carbocycles. The molecule has 0 aliphatic rings. The van der Waals surface area contributed by atoms with E-state index in [1.54, 1.807) is 18.2 Å². The lowest BCUT2D eigenvalue weighted by Crippen LogP contribution is -1.99. The summed E-state index contributed by atoms with van der Waals surface area (Å²) in [5, 5.41) is 1.63. The van der Waals surface area contributed by atoms with E-state index in [0.717, 1.165) is 5.56 Å². The third-order valence-electron chi connectivity index (χ3n) is 2.21. The predicted octanol–water partition coefficient (Wildman–Crippen LogP) is 5.44. The number of aromatic nitrogens is 2. The minimum Gasteiger partial charge on any atom is -0.220 e. The topological polar surface area (TPSA) is 25.8 Å². The Bertz CT molecular complexity index is 560. The lowest BCUT2D eigenvalue weighted by molar-refractivity contribution is 0.963. The Kier molecular flexibility index (Phi) is 4.73. The Morgan fingerprint density at radius 2 is 1.44 bits per heavy atom. The highest BCUT2D eigenvalue weighted by molar-refractivity contribution is 9.10. The second-order valence-electron chi connectivity index (χ2n) is 3.41. The highest BCUT2D eigenvalue weighted by atomic mass is 79.9. The summed E-state index contributed by atoms with van der Waals surface area (Å²) in [6.45, 7) is 0. The van der Waals surface area contributed by atoms with Crippen molar-refractivity contribution in [3.05, 3.63) is 54.4 Å². The molecule has 2 rings (SSSR count). The summed E-state index contributed by atoms with van der Waals surface area (Å²) in [7, 11) is 0. The van der Waals surface area contributed by atoms with Crippen LogP contribution in [0.3, 0.4) is 0 Å². The summed E-state index contributed by atoms with van der Waals surface area (Å²) in [5.41, 5.74) is 0.746. The van der Waals surface area contributed by atoms with Crippen molar-refractivity contribution in [2.24, 2.45) is 0 Å². The molecule has 7 heteroatoms. The van der Waals surface area contributed by atoms with E-state index >= 15 is 0 Å². The molecule has 94 valence electrons. The summed E-state index contributed by atoms with van der Waals surface area (Å²) in [6, 6.07) is 5.28. The van der Waals surface area contributed by atoms with E-state index in [1.807, 2.05) is 0 Å². The number of nitrogens with zero attached hydrogens (tertiary/aromatic N) is 2. The molecular weight excluding hydrogens is 382 g/mol. The third-order valence-corrected chi connectivity index (χ3v) is 4.68. The number of rotatable bonds is 2. The highest BCUT2D eigenvalue weighted by Crippen LogP contribution is 2.30. The van der Waals surface area contributed by atoms with Crippen LogP contribution in [0.4, 0.5) is 0 Å². The van der Waals surface area contributed by atoms with Crippen molar-refractivity contribution in [1.82, 2.24) is 9.97 Å². The van der Waals surface area contributed by atoms with Crippen LogP contribution >= 0.6 is 62.3 Å². The van der Waals surface area contributed by atoms with Gasteiger partial charge in [-0.1, -0.05) is 52.5 Å². The van der Waals surface area contributed by atoms with Crippen molar-refractivity contribution < 1.29 is 0 Å². The number of hydrogen-bond donors (Lipinski definition) is 0. The van der Waals surface area contributed by atoms with Gasteiger partial charge in [-0.25, -0.2) is 9.97 Å². The highest BCUT2D eigenvalue weighted by Gasteiger charge is 2.12. The fourth-order valence-corrected chi connectivity index (χ4v) is 2.50. The third kappa shape index (κ3) is 3.09. The maximum absolute atomic E-state index is 6.08. The van der Waals surface area contributed by atoms with Crippen LogP contribution in [0.15, 0.2) is 22.7 Å². The molecule has 1 heterocycles. The monoisotopic (exact) mass is 384 g/mol. The van der Waals surface area contributed by atoms with Gasteiger partial charge in [-0.3, -0.25) is 0 Å². The lowest BCUT2D eigenvalue weighted by Gasteiger charge is -2.07. The number of halogens is 5. The molecule has 0 bridgehead atoms. The molecular formula is C11H5BrCl4N2. The fourth-order valence-electron chi connectivity index (χ4n) is 1.37. The van der Waals surface area contributed by atoms with Crippen LogP contribution < -0.4 is 0 Å². The molecule has 0 amide bonds. The van der Waals surface area contributed by atoms with Crippen LogP contribution in [0.2, 0.25) is 20.4 Å². The minimum atomic E-state index is 0.258. The number of hydrogen-bond acceptors (Lipinski definition) is 2. The zero-order valence-electron chi connectivity index (χ0n) is 8.72. The molecule has 0 fully saturated rings. The van der Waals surface area contributed by atoms with Crippen LogP contribution in [-0.2, 0) is 6.42 Å². The normalized spacial score (nSPS) is 10.7. The minimum absolute atomic E-state index is 0.258. The first-order valence-corrected chi connectivity index (χ1v) is 7.10. The van der Waals surface area contributed by atoms with E-state index in [0.29, 0.717) is 26.8 Å². The van der Waals surface area contributed by atoms with Gasteiger partial charge >= 0.3 is 0 Å². The van der Waals surface area contributed by atoms with Crippen molar-refractivity contribution in [3.8, 4) is 0 Å². The molecule has 2 nitrogen and oxygen atoms in total.